The largest absolute Gasteiger partial charge is 0.361 e. The molecule has 0 aliphatic heterocycles. The van der Waals surface area contributed by atoms with E-state index in [0.29, 0.717) is 11.9 Å². The Hall–Kier alpha value is -2.65. The van der Waals surface area contributed by atoms with Crippen molar-refractivity contribution >= 4 is 44.4 Å². The van der Waals surface area contributed by atoms with Gasteiger partial charge in [0.25, 0.3) is 0 Å². The van der Waals surface area contributed by atoms with Crippen molar-refractivity contribution in [3.05, 3.63) is 42.0 Å². The lowest BCUT2D eigenvalue weighted by Gasteiger charge is -2.13. The standard InChI is InChI=1S/C21H24N6OS2/c1-12(8-22-20-23-10-16(29-4)11-24-20)9-25-21-26-17-6-5-15(7-18(17)30-21)19-13(2)27-28-14(19)3/h5-7,10-12H,8-9H2,1-4H3,(H,25,26)(H,22,23,24). The highest BCUT2D eigenvalue weighted by molar-refractivity contribution is 7.98. The van der Waals surface area contributed by atoms with Crippen LogP contribution >= 0.6 is 23.1 Å². The fraction of sp³-hybridized carbons (Fsp3) is 0.333. The number of aryl methyl sites for hydroxylation is 2. The molecule has 1 aromatic carbocycles. The number of hydrogen-bond donors (Lipinski definition) is 2. The summed E-state index contributed by atoms with van der Waals surface area (Å²) in [6, 6.07) is 6.29. The van der Waals surface area contributed by atoms with Crippen LogP contribution in [0.4, 0.5) is 11.1 Å². The van der Waals surface area contributed by atoms with Crippen molar-refractivity contribution < 1.29 is 4.52 Å². The molecule has 0 amide bonds. The van der Waals surface area contributed by atoms with Gasteiger partial charge in [-0.1, -0.05) is 29.5 Å². The maximum atomic E-state index is 5.31. The zero-order valence-corrected chi connectivity index (χ0v) is 19.0. The summed E-state index contributed by atoms with van der Waals surface area (Å²) in [6.45, 7) is 7.68. The summed E-state index contributed by atoms with van der Waals surface area (Å²) >= 11 is 3.29. The third kappa shape index (κ3) is 4.57. The van der Waals surface area contributed by atoms with Crippen molar-refractivity contribution in [2.45, 2.75) is 25.7 Å². The van der Waals surface area contributed by atoms with Crippen LogP contribution in [0.15, 0.2) is 40.0 Å². The van der Waals surface area contributed by atoms with Crippen molar-refractivity contribution in [1.29, 1.82) is 0 Å². The van der Waals surface area contributed by atoms with Crippen LogP contribution in [0.1, 0.15) is 18.4 Å². The highest BCUT2D eigenvalue weighted by Gasteiger charge is 2.13. The van der Waals surface area contributed by atoms with E-state index in [1.165, 1.54) is 0 Å². The molecule has 1 atom stereocenters. The lowest BCUT2D eigenvalue weighted by atomic mass is 10.0. The number of hydrogen-bond acceptors (Lipinski definition) is 9. The zero-order valence-electron chi connectivity index (χ0n) is 17.4. The van der Waals surface area contributed by atoms with E-state index in [1.807, 2.05) is 32.5 Å². The van der Waals surface area contributed by atoms with Crippen LogP contribution in [0.5, 0.6) is 0 Å². The van der Waals surface area contributed by atoms with Crippen molar-refractivity contribution in [2.24, 2.45) is 5.92 Å². The minimum Gasteiger partial charge on any atom is -0.361 e. The van der Waals surface area contributed by atoms with Gasteiger partial charge in [-0.25, -0.2) is 15.0 Å². The van der Waals surface area contributed by atoms with Gasteiger partial charge in [-0.3, -0.25) is 0 Å². The Morgan fingerprint density at radius 2 is 1.90 bits per heavy atom. The van der Waals surface area contributed by atoms with E-state index in [0.717, 1.165) is 55.9 Å². The van der Waals surface area contributed by atoms with Gasteiger partial charge >= 0.3 is 0 Å². The summed E-state index contributed by atoms with van der Waals surface area (Å²) in [4.78, 5) is 14.4. The summed E-state index contributed by atoms with van der Waals surface area (Å²) in [5.74, 6) is 1.88. The summed E-state index contributed by atoms with van der Waals surface area (Å²) in [6.07, 6.45) is 5.68. The molecule has 3 heterocycles. The SMILES string of the molecule is CSc1cnc(NCC(C)CNc2nc3ccc(-c4c(C)noc4C)cc3s2)nc1. The highest BCUT2D eigenvalue weighted by atomic mass is 32.2. The number of nitrogens with one attached hydrogen (secondary N) is 2. The fourth-order valence-electron chi connectivity index (χ4n) is 3.16. The Morgan fingerprint density at radius 3 is 2.60 bits per heavy atom. The zero-order chi connectivity index (χ0) is 21.1. The molecule has 0 aliphatic carbocycles. The third-order valence-electron chi connectivity index (χ3n) is 4.78. The van der Waals surface area contributed by atoms with Gasteiger partial charge in [-0.05, 0) is 43.7 Å². The normalized spacial score (nSPS) is 12.3. The van der Waals surface area contributed by atoms with Crippen LogP contribution in [-0.2, 0) is 0 Å². The summed E-state index contributed by atoms with van der Waals surface area (Å²) in [5, 5.41) is 11.7. The maximum absolute atomic E-state index is 5.31. The topological polar surface area (TPSA) is 88.8 Å². The molecule has 156 valence electrons. The molecule has 3 aromatic heterocycles. The van der Waals surface area contributed by atoms with Crippen LogP contribution in [0.2, 0.25) is 0 Å². The summed E-state index contributed by atoms with van der Waals surface area (Å²) in [7, 11) is 0. The minimum atomic E-state index is 0.388. The first kappa shape index (κ1) is 20.6. The van der Waals surface area contributed by atoms with Crippen LogP contribution in [0.25, 0.3) is 21.3 Å². The van der Waals surface area contributed by atoms with Crippen LogP contribution in [0, 0.1) is 19.8 Å². The van der Waals surface area contributed by atoms with E-state index in [1.54, 1.807) is 23.1 Å². The molecular formula is C21H24N6OS2. The molecule has 9 heteroatoms. The van der Waals surface area contributed by atoms with E-state index in [4.69, 9.17) is 9.51 Å². The second-order valence-electron chi connectivity index (χ2n) is 7.21. The summed E-state index contributed by atoms with van der Waals surface area (Å²) in [5.41, 5.74) is 4.07. The number of anilines is 2. The molecule has 2 N–H and O–H groups in total. The van der Waals surface area contributed by atoms with Crippen molar-refractivity contribution in [3.8, 4) is 11.1 Å². The number of benzene rings is 1. The Kier molecular flexibility index (Phi) is 6.19. The monoisotopic (exact) mass is 440 g/mol. The van der Waals surface area contributed by atoms with E-state index in [-0.39, 0.29) is 0 Å². The van der Waals surface area contributed by atoms with Crippen molar-refractivity contribution in [1.82, 2.24) is 20.1 Å². The molecule has 1 unspecified atom stereocenters. The Labute approximate surface area is 183 Å². The van der Waals surface area contributed by atoms with Crippen molar-refractivity contribution in [2.75, 3.05) is 30.0 Å². The average Bonchev–Trinajstić information content (AvgIpc) is 3.32. The van der Waals surface area contributed by atoms with Crippen LogP contribution in [-0.4, -0.2) is 39.5 Å². The van der Waals surface area contributed by atoms with Gasteiger partial charge in [0.15, 0.2) is 5.13 Å². The molecule has 0 saturated heterocycles. The average molecular weight is 441 g/mol. The molecule has 4 rings (SSSR count). The lowest BCUT2D eigenvalue weighted by Crippen LogP contribution is -2.20. The number of aromatic nitrogens is 4. The second kappa shape index (κ2) is 9.01. The molecular weight excluding hydrogens is 416 g/mol. The van der Waals surface area contributed by atoms with Crippen LogP contribution in [0.3, 0.4) is 0 Å². The molecule has 0 aliphatic rings. The Balaban J connectivity index is 1.36. The first-order valence-electron chi connectivity index (χ1n) is 9.71. The number of thioether (sulfide) groups is 1. The fourth-order valence-corrected chi connectivity index (χ4v) is 4.39. The number of rotatable bonds is 8. The predicted molar refractivity (Wildman–Crippen MR) is 125 cm³/mol. The Morgan fingerprint density at radius 1 is 1.13 bits per heavy atom. The molecule has 0 spiro atoms. The second-order valence-corrected chi connectivity index (χ2v) is 9.12. The van der Waals surface area contributed by atoms with E-state index < -0.39 is 0 Å². The quantitative estimate of drug-likeness (QED) is 0.360. The number of thiazole rings is 1. The molecule has 4 aromatic rings. The first-order valence-corrected chi connectivity index (χ1v) is 11.7. The summed E-state index contributed by atoms with van der Waals surface area (Å²) < 4.78 is 6.45. The van der Waals surface area contributed by atoms with Crippen molar-refractivity contribution in [3.63, 3.8) is 0 Å². The van der Waals surface area contributed by atoms with Gasteiger partial charge < -0.3 is 15.2 Å². The first-order chi connectivity index (χ1) is 14.5. The number of fused-ring (bicyclic) bond motifs is 1. The molecule has 7 nitrogen and oxygen atoms in total. The highest BCUT2D eigenvalue weighted by Crippen LogP contribution is 2.33. The van der Waals surface area contributed by atoms with Gasteiger partial charge in [0, 0.05) is 35.9 Å². The predicted octanol–water partition coefficient (Wildman–Crippen LogP) is 5.24. The van der Waals surface area contributed by atoms with E-state index >= 15 is 0 Å². The van der Waals surface area contributed by atoms with Gasteiger partial charge in [0.05, 0.1) is 15.9 Å². The third-order valence-corrected chi connectivity index (χ3v) is 6.44. The molecule has 30 heavy (non-hydrogen) atoms. The maximum Gasteiger partial charge on any atom is 0.222 e. The van der Waals surface area contributed by atoms with Crippen LogP contribution < -0.4 is 10.6 Å². The molecule has 0 fully saturated rings. The van der Waals surface area contributed by atoms with Gasteiger partial charge in [0.2, 0.25) is 5.95 Å². The van der Waals surface area contributed by atoms with Gasteiger partial charge in [0.1, 0.15) is 5.76 Å². The Bertz CT molecular complexity index is 1120. The molecule has 0 saturated carbocycles. The smallest absolute Gasteiger partial charge is 0.222 e. The van der Waals surface area contributed by atoms with Gasteiger partial charge in [-0.15, -0.1) is 11.8 Å². The molecule has 0 radical (unpaired) electrons. The minimum absolute atomic E-state index is 0.388. The molecule has 0 bridgehead atoms. The van der Waals surface area contributed by atoms with Gasteiger partial charge in [-0.2, -0.15) is 0 Å². The lowest BCUT2D eigenvalue weighted by molar-refractivity contribution is 0.393. The van der Waals surface area contributed by atoms with E-state index in [9.17, 15) is 0 Å². The van der Waals surface area contributed by atoms with E-state index in [2.05, 4.69) is 50.9 Å². The number of nitrogens with zero attached hydrogens (tertiary/aromatic N) is 4.